The normalized spacial score (nSPS) is 21.4. The fourth-order valence-corrected chi connectivity index (χ4v) is 2.08. The predicted octanol–water partition coefficient (Wildman–Crippen LogP) is 0.699. The monoisotopic (exact) mass is 218 g/mol. The molecular weight excluding hydrogens is 204 g/mol. The van der Waals surface area contributed by atoms with Gasteiger partial charge in [0.05, 0.1) is 19.3 Å². The topological polar surface area (TPSA) is 51.5 Å². The zero-order valence-electron chi connectivity index (χ0n) is 9.18. The van der Waals surface area contributed by atoms with Crippen LogP contribution in [0.2, 0.25) is 0 Å². The summed E-state index contributed by atoms with van der Waals surface area (Å²) >= 11 is 0. The van der Waals surface area contributed by atoms with Gasteiger partial charge in [-0.2, -0.15) is 0 Å². The molecule has 1 aliphatic rings. The fourth-order valence-electron chi connectivity index (χ4n) is 2.08. The first-order valence-corrected chi connectivity index (χ1v) is 5.48. The van der Waals surface area contributed by atoms with Crippen molar-refractivity contribution in [1.82, 2.24) is 19.9 Å². The van der Waals surface area contributed by atoms with Gasteiger partial charge in [0.25, 0.3) is 0 Å². The second kappa shape index (κ2) is 3.84. The number of hydrogen-bond donors (Lipinski definition) is 1. The summed E-state index contributed by atoms with van der Waals surface area (Å²) in [7, 11) is 0. The molecule has 2 aromatic heterocycles. The van der Waals surface area contributed by atoms with Crippen molar-refractivity contribution < 1.29 is 4.74 Å². The summed E-state index contributed by atoms with van der Waals surface area (Å²) in [6.07, 6.45) is 0. The number of morpholine rings is 1. The quantitative estimate of drug-likeness (QED) is 0.765. The van der Waals surface area contributed by atoms with E-state index in [0.717, 1.165) is 30.3 Å². The van der Waals surface area contributed by atoms with E-state index in [1.54, 1.807) is 0 Å². The Hall–Kier alpha value is -1.46. The van der Waals surface area contributed by atoms with Crippen molar-refractivity contribution in [1.29, 1.82) is 0 Å². The molecule has 0 spiro atoms. The number of aromatic nitrogens is 3. The van der Waals surface area contributed by atoms with Gasteiger partial charge in [-0.25, -0.2) is 0 Å². The summed E-state index contributed by atoms with van der Waals surface area (Å²) in [6.45, 7) is 4.36. The molecule has 1 N–H and O–H groups in total. The summed E-state index contributed by atoms with van der Waals surface area (Å²) in [4.78, 5) is 0. The molecular formula is C11H14N4O. The van der Waals surface area contributed by atoms with Gasteiger partial charge < -0.3 is 10.1 Å². The minimum atomic E-state index is 0.143. The number of nitrogens with zero attached hydrogens (tertiary/aromatic N) is 3. The molecule has 1 aliphatic heterocycles. The van der Waals surface area contributed by atoms with Crippen LogP contribution in [0.15, 0.2) is 18.2 Å². The summed E-state index contributed by atoms with van der Waals surface area (Å²) in [5.41, 5.74) is 2.03. The zero-order chi connectivity index (χ0) is 11.0. The van der Waals surface area contributed by atoms with E-state index in [2.05, 4.69) is 32.9 Å². The highest BCUT2D eigenvalue weighted by Gasteiger charge is 2.21. The molecule has 16 heavy (non-hydrogen) atoms. The van der Waals surface area contributed by atoms with Gasteiger partial charge in [0.2, 0.25) is 0 Å². The lowest BCUT2D eigenvalue weighted by Gasteiger charge is -2.22. The van der Waals surface area contributed by atoms with Crippen LogP contribution < -0.4 is 5.32 Å². The first-order valence-electron chi connectivity index (χ1n) is 5.48. The molecule has 3 heterocycles. The third-order valence-electron chi connectivity index (χ3n) is 2.88. The smallest absolute Gasteiger partial charge is 0.161 e. The van der Waals surface area contributed by atoms with Gasteiger partial charge in [0.15, 0.2) is 11.5 Å². The second-order valence-electron chi connectivity index (χ2n) is 4.00. The number of aryl methyl sites for hydroxylation is 1. The van der Waals surface area contributed by atoms with Crippen molar-refractivity contribution in [3.8, 4) is 0 Å². The Labute approximate surface area is 93.4 Å². The van der Waals surface area contributed by atoms with E-state index in [9.17, 15) is 0 Å². The van der Waals surface area contributed by atoms with Gasteiger partial charge >= 0.3 is 0 Å². The molecule has 0 aromatic carbocycles. The van der Waals surface area contributed by atoms with Crippen LogP contribution >= 0.6 is 0 Å². The van der Waals surface area contributed by atoms with Crippen molar-refractivity contribution in [2.24, 2.45) is 0 Å². The lowest BCUT2D eigenvalue weighted by molar-refractivity contribution is 0.0738. The molecule has 0 bridgehead atoms. The maximum absolute atomic E-state index is 5.45. The molecule has 2 aromatic rings. The molecule has 0 radical (unpaired) electrons. The standard InChI is InChI=1S/C11H14N4O/c1-8-3-2-4-10-13-14-11(15(8)10)9-7-16-6-5-12-9/h2-4,9,12H,5-7H2,1H3. The third-order valence-corrected chi connectivity index (χ3v) is 2.88. The minimum Gasteiger partial charge on any atom is -0.378 e. The van der Waals surface area contributed by atoms with E-state index in [1.165, 1.54) is 0 Å². The SMILES string of the molecule is Cc1cccc2nnc(C3COCCN3)n12. The van der Waals surface area contributed by atoms with E-state index in [1.807, 2.05) is 12.1 Å². The zero-order valence-corrected chi connectivity index (χ0v) is 9.18. The minimum absolute atomic E-state index is 0.143. The number of hydrogen-bond acceptors (Lipinski definition) is 4. The molecule has 0 amide bonds. The Balaban J connectivity index is 2.09. The molecule has 1 saturated heterocycles. The van der Waals surface area contributed by atoms with E-state index in [0.29, 0.717) is 6.61 Å². The molecule has 1 fully saturated rings. The number of nitrogens with one attached hydrogen (secondary N) is 1. The van der Waals surface area contributed by atoms with Crippen LogP contribution in [-0.2, 0) is 4.74 Å². The number of pyridine rings is 1. The third kappa shape index (κ3) is 1.48. The fraction of sp³-hybridized carbons (Fsp3) is 0.455. The highest BCUT2D eigenvalue weighted by atomic mass is 16.5. The van der Waals surface area contributed by atoms with Crippen LogP contribution in [0.25, 0.3) is 5.65 Å². The molecule has 1 atom stereocenters. The lowest BCUT2D eigenvalue weighted by Crippen LogP contribution is -2.35. The largest absolute Gasteiger partial charge is 0.378 e. The van der Waals surface area contributed by atoms with E-state index >= 15 is 0 Å². The predicted molar refractivity (Wildman–Crippen MR) is 59.3 cm³/mol. The van der Waals surface area contributed by atoms with Crippen LogP contribution in [0.3, 0.4) is 0 Å². The average molecular weight is 218 g/mol. The molecule has 0 saturated carbocycles. The summed E-state index contributed by atoms with van der Waals surface area (Å²) in [5.74, 6) is 0.938. The Morgan fingerprint density at radius 3 is 3.19 bits per heavy atom. The number of fused-ring (bicyclic) bond motifs is 1. The highest BCUT2D eigenvalue weighted by Crippen LogP contribution is 2.16. The Morgan fingerprint density at radius 2 is 2.38 bits per heavy atom. The van der Waals surface area contributed by atoms with Crippen molar-refractivity contribution in [2.75, 3.05) is 19.8 Å². The molecule has 5 heteroatoms. The van der Waals surface area contributed by atoms with E-state index < -0.39 is 0 Å². The van der Waals surface area contributed by atoms with E-state index in [-0.39, 0.29) is 6.04 Å². The summed E-state index contributed by atoms with van der Waals surface area (Å²) in [5, 5.41) is 11.8. The maximum atomic E-state index is 5.45. The average Bonchev–Trinajstić information content (AvgIpc) is 2.75. The van der Waals surface area contributed by atoms with Crippen LogP contribution in [0.1, 0.15) is 17.6 Å². The Morgan fingerprint density at radius 1 is 1.44 bits per heavy atom. The van der Waals surface area contributed by atoms with Gasteiger partial charge in [-0.05, 0) is 19.1 Å². The molecule has 0 aliphatic carbocycles. The van der Waals surface area contributed by atoms with E-state index in [4.69, 9.17) is 4.74 Å². The van der Waals surface area contributed by atoms with Gasteiger partial charge in [-0.1, -0.05) is 6.07 Å². The lowest BCUT2D eigenvalue weighted by atomic mass is 10.2. The molecule has 84 valence electrons. The van der Waals surface area contributed by atoms with Gasteiger partial charge in [-0.15, -0.1) is 10.2 Å². The number of ether oxygens (including phenoxy) is 1. The molecule has 3 rings (SSSR count). The van der Waals surface area contributed by atoms with Crippen molar-refractivity contribution in [3.05, 3.63) is 29.7 Å². The Bertz CT molecular complexity index is 502. The van der Waals surface area contributed by atoms with Crippen molar-refractivity contribution in [2.45, 2.75) is 13.0 Å². The van der Waals surface area contributed by atoms with Crippen molar-refractivity contribution >= 4 is 5.65 Å². The molecule has 1 unspecified atom stereocenters. The van der Waals surface area contributed by atoms with Gasteiger partial charge in [0.1, 0.15) is 0 Å². The second-order valence-corrected chi connectivity index (χ2v) is 4.00. The van der Waals surface area contributed by atoms with Gasteiger partial charge in [-0.3, -0.25) is 4.40 Å². The highest BCUT2D eigenvalue weighted by molar-refractivity contribution is 5.40. The summed E-state index contributed by atoms with van der Waals surface area (Å²) in [6, 6.07) is 6.16. The van der Waals surface area contributed by atoms with Crippen molar-refractivity contribution in [3.63, 3.8) is 0 Å². The number of rotatable bonds is 1. The van der Waals surface area contributed by atoms with Gasteiger partial charge in [0, 0.05) is 12.2 Å². The van der Waals surface area contributed by atoms with Crippen LogP contribution in [0.5, 0.6) is 0 Å². The van der Waals surface area contributed by atoms with Crippen LogP contribution in [0.4, 0.5) is 0 Å². The molecule has 5 nitrogen and oxygen atoms in total. The van der Waals surface area contributed by atoms with Crippen LogP contribution in [-0.4, -0.2) is 34.4 Å². The first kappa shape index (κ1) is 9.74. The Kier molecular flexibility index (Phi) is 2.34. The summed E-state index contributed by atoms with van der Waals surface area (Å²) < 4.78 is 7.53. The first-order chi connectivity index (χ1) is 7.86. The maximum Gasteiger partial charge on any atom is 0.161 e. The van der Waals surface area contributed by atoms with Crippen LogP contribution in [0, 0.1) is 6.92 Å².